The van der Waals surface area contributed by atoms with E-state index < -0.39 is 12.0 Å². The van der Waals surface area contributed by atoms with Crippen LogP contribution in [-0.4, -0.2) is 38.8 Å². The van der Waals surface area contributed by atoms with Crippen molar-refractivity contribution >= 4 is 34.5 Å². The van der Waals surface area contributed by atoms with Gasteiger partial charge in [0.2, 0.25) is 5.91 Å². The number of carbonyl (C=O) groups excluding carboxylic acids is 2. The second kappa shape index (κ2) is 9.12. The van der Waals surface area contributed by atoms with E-state index in [0.717, 1.165) is 16.3 Å². The molecule has 5 rings (SSSR count). The van der Waals surface area contributed by atoms with Crippen LogP contribution in [0.4, 0.5) is 11.4 Å². The number of para-hydroxylation sites is 1. The topological polar surface area (TPSA) is 98.5 Å². The Hall–Kier alpha value is -4.18. The Bertz CT molecular complexity index is 1540. The number of nitrogens with one attached hydrogen (secondary N) is 1. The molecule has 2 aromatic carbocycles. The van der Waals surface area contributed by atoms with Crippen molar-refractivity contribution in [2.24, 2.45) is 7.05 Å². The number of fused-ring (bicyclic) bond motifs is 1. The average Bonchev–Trinajstić information content (AvgIpc) is 3.39. The highest BCUT2D eigenvalue weighted by Crippen LogP contribution is 2.37. The number of hydrogen-bond donors (Lipinski definition) is 1. The molecule has 0 aliphatic carbocycles. The predicted octanol–water partition coefficient (Wildman–Crippen LogP) is 3.67. The van der Waals surface area contributed by atoms with E-state index in [2.05, 4.69) is 10.3 Å². The van der Waals surface area contributed by atoms with Crippen molar-refractivity contribution in [2.45, 2.75) is 26.9 Å². The van der Waals surface area contributed by atoms with E-state index in [-0.39, 0.29) is 23.7 Å². The highest BCUT2D eigenvalue weighted by molar-refractivity contribution is 7.09. The minimum Gasteiger partial charge on any atom is -0.479 e. The molecule has 0 saturated heterocycles. The highest BCUT2D eigenvalue weighted by Gasteiger charge is 2.33. The zero-order valence-corrected chi connectivity index (χ0v) is 21.1. The molecule has 1 N–H and O–H groups in total. The molecule has 10 heteroatoms. The zero-order chi connectivity index (χ0) is 25.6. The standard InChI is InChI=1S/C26H25N5O4S/c1-15-24(26(34)31(29(15)4)19-8-6-5-7-9-19)28-23(32)13-30-21-12-18(20-14-36-17(3)27-20)10-11-22(21)35-16(2)25(30)33/h5-12,14,16H,13H2,1-4H3,(H,28,32). The molecule has 9 nitrogen and oxygen atoms in total. The van der Waals surface area contributed by atoms with Gasteiger partial charge < -0.3 is 10.1 Å². The normalized spacial score (nSPS) is 14.9. The van der Waals surface area contributed by atoms with Crippen molar-refractivity contribution in [3.8, 4) is 22.7 Å². The number of anilines is 2. The van der Waals surface area contributed by atoms with E-state index in [4.69, 9.17) is 4.74 Å². The molecule has 1 atom stereocenters. The summed E-state index contributed by atoms with van der Waals surface area (Å²) < 4.78 is 8.96. The maximum Gasteiger partial charge on any atom is 0.295 e. The van der Waals surface area contributed by atoms with Gasteiger partial charge in [0.1, 0.15) is 18.0 Å². The third kappa shape index (κ3) is 4.09. The molecule has 3 heterocycles. The predicted molar refractivity (Wildman–Crippen MR) is 139 cm³/mol. The molecule has 0 bridgehead atoms. The quantitative estimate of drug-likeness (QED) is 0.448. The van der Waals surface area contributed by atoms with Crippen LogP contribution in [0.5, 0.6) is 5.75 Å². The van der Waals surface area contributed by atoms with E-state index in [1.54, 1.807) is 37.7 Å². The molecule has 1 aliphatic heterocycles. The first kappa shape index (κ1) is 23.6. The lowest BCUT2D eigenvalue weighted by Crippen LogP contribution is -2.47. The first-order valence-electron chi connectivity index (χ1n) is 11.4. The number of benzene rings is 2. The van der Waals surface area contributed by atoms with Gasteiger partial charge in [0, 0.05) is 18.0 Å². The third-order valence-corrected chi connectivity index (χ3v) is 6.98. The maximum absolute atomic E-state index is 13.2. The van der Waals surface area contributed by atoms with Crippen LogP contribution in [-0.2, 0) is 16.6 Å². The van der Waals surface area contributed by atoms with Crippen molar-refractivity contribution in [2.75, 3.05) is 16.8 Å². The molecule has 1 aliphatic rings. The van der Waals surface area contributed by atoms with Gasteiger partial charge in [0.25, 0.3) is 11.5 Å². The van der Waals surface area contributed by atoms with Crippen LogP contribution in [0.1, 0.15) is 17.6 Å². The summed E-state index contributed by atoms with van der Waals surface area (Å²) in [5.74, 6) is -0.312. The van der Waals surface area contributed by atoms with Crippen molar-refractivity contribution in [3.63, 3.8) is 0 Å². The number of amides is 2. The van der Waals surface area contributed by atoms with Crippen molar-refractivity contribution < 1.29 is 14.3 Å². The van der Waals surface area contributed by atoms with Crippen molar-refractivity contribution in [1.82, 2.24) is 14.3 Å². The van der Waals surface area contributed by atoms with Crippen LogP contribution in [0.25, 0.3) is 16.9 Å². The monoisotopic (exact) mass is 503 g/mol. The summed E-state index contributed by atoms with van der Waals surface area (Å²) in [6, 6.07) is 14.7. The molecule has 1 unspecified atom stereocenters. The molecular formula is C26H25N5O4S. The molecule has 0 fully saturated rings. The summed E-state index contributed by atoms with van der Waals surface area (Å²) in [5.41, 5.74) is 3.20. The van der Waals surface area contributed by atoms with E-state index in [9.17, 15) is 14.4 Å². The lowest BCUT2D eigenvalue weighted by molar-refractivity contribution is -0.127. The number of ether oxygens (including phenoxy) is 1. The largest absolute Gasteiger partial charge is 0.479 e. The Labute approximate surface area is 211 Å². The third-order valence-electron chi connectivity index (χ3n) is 6.20. The number of aromatic nitrogens is 3. The van der Waals surface area contributed by atoms with Crippen LogP contribution < -0.4 is 20.5 Å². The molecule has 0 saturated carbocycles. The second-order valence-electron chi connectivity index (χ2n) is 8.60. The summed E-state index contributed by atoms with van der Waals surface area (Å²) in [5, 5.41) is 5.61. The fraction of sp³-hybridized carbons (Fsp3) is 0.231. The average molecular weight is 504 g/mol. The molecular weight excluding hydrogens is 478 g/mol. The van der Waals surface area contributed by atoms with Crippen LogP contribution in [0.15, 0.2) is 58.7 Å². The molecule has 184 valence electrons. The molecule has 2 aromatic heterocycles. The van der Waals surface area contributed by atoms with Gasteiger partial charge in [-0.2, -0.15) is 0 Å². The first-order valence-corrected chi connectivity index (χ1v) is 12.3. The first-order chi connectivity index (χ1) is 17.2. The number of hydrogen-bond acceptors (Lipinski definition) is 6. The number of rotatable bonds is 5. The number of aryl methyl sites for hydroxylation is 1. The van der Waals surface area contributed by atoms with E-state index >= 15 is 0 Å². The summed E-state index contributed by atoms with van der Waals surface area (Å²) in [6.45, 7) is 5.07. The summed E-state index contributed by atoms with van der Waals surface area (Å²) in [4.78, 5) is 45.3. The van der Waals surface area contributed by atoms with Gasteiger partial charge in [0.05, 0.1) is 27.8 Å². The highest BCUT2D eigenvalue weighted by atomic mass is 32.1. The Morgan fingerprint density at radius 3 is 2.58 bits per heavy atom. The Morgan fingerprint density at radius 1 is 1.14 bits per heavy atom. The smallest absolute Gasteiger partial charge is 0.295 e. The number of carbonyl (C=O) groups is 2. The SMILES string of the molecule is Cc1nc(-c2ccc3c(c2)N(CC(=O)Nc2c(C)n(C)n(-c4ccccc4)c2=O)C(=O)C(C)O3)cs1. The molecule has 2 amide bonds. The van der Waals surface area contributed by atoms with Crippen LogP contribution in [0.2, 0.25) is 0 Å². The molecule has 4 aromatic rings. The van der Waals surface area contributed by atoms with Crippen LogP contribution >= 0.6 is 11.3 Å². The molecule has 0 radical (unpaired) electrons. The van der Waals surface area contributed by atoms with Gasteiger partial charge in [-0.3, -0.25) is 24.0 Å². The summed E-state index contributed by atoms with van der Waals surface area (Å²) in [7, 11) is 1.75. The van der Waals surface area contributed by atoms with Gasteiger partial charge in [-0.25, -0.2) is 9.67 Å². The van der Waals surface area contributed by atoms with E-state index in [0.29, 0.717) is 22.8 Å². The van der Waals surface area contributed by atoms with Crippen molar-refractivity contribution in [3.05, 3.63) is 75.0 Å². The Kier molecular flexibility index (Phi) is 5.97. The van der Waals surface area contributed by atoms with Crippen molar-refractivity contribution in [1.29, 1.82) is 0 Å². The number of nitrogens with zero attached hydrogens (tertiary/aromatic N) is 4. The van der Waals surface area contributed by atoms with Gasteiger partial charge in [0.15, 0.2) is 6.10 Å². The van der Waals surface area contributed by atoms with Crippen LogP contribution in [0, 0.1) is 13.8 Å². The van der Waals surface area contributed by atoms with Gasteiger partial charge >= 0.3 is 0 Å². The Balaban J connectivity index is 1.45. The Morgan fingerprint density at radius 2 is 1.89 bits per heavy atom. The minimum absolute atomic E-state index is 0.173. The van der Waals surface area contributed by atoms with Gasteiger partial charge in [-0.1, -0.05) is 18.2 Å². The number of thiazole rings is 1. The fourth-order valence-electron chi connectivity index (χ4n) is 4.26. The maximum atomic E-state index is 13.2. The lowest BCUT2D eigenvalue weighted by atomic mass is 10.1. The second-order valence-corrected chi connectivity index (χ2v) is 9.67. The van der Waals surface area contributed by atoms with E-state index in [1.165, 1.54) is 20.9 Å². The van der Waals surface area contributed by atoms with Crippen LogP contribution in [0.3, 0.4) is 0 Å². The minimum atomic E-state index is -0.744. The van der Waals surface area contributed by atoms with Gasteiger partial charge in [-0.15, -0.1) is 11.3 Å². The van der Waals surface area contributed by atoms with E-state index in [1.807, 2.05) is 48.7 Å². The molecule has 36 heavy (non-hydrogen) atoms. The molecule has 0 spiro atoms. The zero-order valence-electron chi connectivity index (χ0n) is 20.3. The van der Waals surface area contributed by atoms with Gasteiger partial charge in [-0.05, 0) is 51.1 Å². The fourth-order valence-corrected chi connectivity index (χ4v) is 4.88. The summed E-state index contributed by atoms with van der Waals surface area (Å²) in [6.07, 6.45) is -0.744. The summed E-state index contributed by atoms with van der Waals surface area (Å²) >= 11 is 1.53. The lowest BCUT2D eigenvalue weighted by Gasteiger charge is -2.32.